The van der Waals surface area contributed by atoms with Gasteiger partial charge < -0.3 is 4.90 Å². The zero-order chi connectivity index (χ0) is 14.1. The van der Waals surface area contributed by atoms with Crippen LogP contribution >= 0.6 is 38.5 Å². The Balaban J connectivity index is 1.68. The molecule has 0 N–H and O–H groups in total. The van der Waals surface area contributed by atoms with Crippen LogP contribution in [0.2, 0.25) is 0 Å². The van der Waals surface area contributed by atoms with E-state index in [1.165, 1.54) is 49.2 Å². The Bertz CT molecular complexity index is 630. The van der Waals surface area contributed by atoms with Gasteiger partial charge in [-0.2, -0.15) is 0 Å². The minimum atomic E-state index is 0.460. The summed E-state index contributed by atoms with van der Waals surface area (Å²) in [4.78, 5) is 7.84. The van der Waals surface area contributed by atoms with Gasteiger partial charge in [0, 0.05) is 22.0 Å². The molecular formula is C17H18BrIN2. The van der Waals surface area contributed by atoms with Crippen molar-refractivity contribution >= 4 is 50.0 Å². The van der Waals surface area contributed by atoms with E-state index in [4.69, 9.17) is 4.99 Å². The number of hydrogen-bond donors (Lipinski definition) is 0. The molecule has 3 heterocycles. The molecule has 3 unspecified atom stereocenters. The first-order valence-electron chi connectivity index (χ1n) is 7.99. The van der Waals surface area contributed by atoms with Crippen LogP contribution < -0.4 is 0 Å². The first-order valence-corrected chi connectivity index (χ1v) is 10.0. The van der Waals surface area contributed by atoms with Crippen LogP contribution in [0.5, 0.6) is 0 Å². The third-order valence-corrected chi connectivity index (χ3v) is 7.63. The lowest BCUT2D eigenvalue weighted by atomic mass is 9.68. The summed E-state index contributed by atoms with van der Waals surface area (Å²) in [7, 11) is 0. The van der Waals surface area contributed by atoms with Gasteiger partial charge in [0.25, 0.3) is 0 Å². The average molecular weight is 457 g/mol. The molecular weight excluding hydrogens is 439 g/mol. The van der Waals surface area contributed by atoms with Crippen molar-refractivity contribution in [1.82, 2.24) is 4.90 Å². The summed E-state index contributed by atoms with van der Waals surface area (Å²) in [5.41, 5.74) is 2.58. The summed E-state index contributed by atoms with van der Waals surface area (Å²) in [5.74, 6) is 4.04. The predicted molar refractivity (Wildman–Crippen MR) is 97.2 cm³/mol. The van der Waals surface area contributed by atoms with Gasteiger partial charge in [0.15, 0.2) is 0 Å². The largest absolute Gasteiger partial charge is 0.341 e. The van der Waals surface area contributed by atoms with E-state index in [0.717, 1.165) is 22.4 Å². The fourth-order valence-corrected chi connectivity index (χ4v) is 6.81. The monoisotopic (exact) mass is 456 g/mol. The SMILES string of the molecule is Brc1ccc2c(c1)N=C1C3CC4CC(C3)CC(C4)N1C2I. The summed E-state index contributed by atoms with van der Waals surface area (Å²) in [5, 5.41) is 0. The number of nitrogens with zero attached hydrogens (tertiary/aromatic N) is 2. The molecule has 2 nitrogen and oxygen atoms in total. The molecule has 4 fully saturated rings. The van der Waals surface area contributed by atoms with Gasteiger partial charge in [0.1, 0.15) is 9.88 Å². The second-order valence-electron chi connectivity index (χ2n) is 7.18. The van der Waals surface area contributed by atoms with Crippen LogP contribution in [0.3, 0.4) is 0 Å². The van der Waals surface area contributed by atoms with E-state index in [1.54, 1.807) is 0 Å². The van der Waals surface area contributed by atoms with Crippen LogP contribution in [0.1, 0.15) is 41.7 Å². The normalized spacial score (nSPS) is 39.6. The van der Waals surface area contributed by atoms with Crippen molar-refractivity contribution in [2.75, 3.05) is 0 Å². The molecule has 4 bridgehead atoms. The first kappa shape index (κ1) is 13.3. The molecule has 21 heavy (non-hydrogen) atoms. The predicted octanol–water partition coefficient (Wildman–Crippen LogP) is 5.44. The first-order chi connectivity index (χ1) is 10.2. The van der Waals surface area contributed by atoms with Crippen molar-refractivity contribution in [2.24, 2.45) is 22.7 Å². The number of aliphatic imine (C=N–C) groups is 1. The Morgan fingerprint density at radius 1 is 1.10 bits per heavy atom. The Morgan fingerprint density at radius 2 is 1.86 bits per heavy atom. The summed E-state index contributed by atoms with van der Waals surface area (Å²) in [6.45, 7) is 0. The molecule has 0 amide bonds. The number of alkyl halides is 1. The van der Waals surface area contributed by atoms with Crippen LogP contribution in [0, 0.1) is 17.8 Å². The van der Waals surface area contributed by atoms with E-state index in [2.05, 4.69) is 61.6 Å². The smallest absolute Gasteiger partial charge is 0.110 e. The van der Waals surface area contributed by atoms with Gasteiger partial charge in [-0.05, 0) is 56.1 Å². The number of hydrogen-bond acceptors (Lipinski definition) is 2. The second kappa shape index (κ2) is 4.70. The van der Waals surface area contributed by atoms with Gasteiger partial charge in [0.05, 0.1) is 5.69 Å². The molecule has 3 atom stereocenters. The molecule has 2 saturated heterocycles. The zero-order valence-corrected chi connectivity index (χ0v) is 15.5. The lowest BCUT2D eigenvalue weighted by Gasteiger charge is -2.42. The zero-order valence-electron chi connectivity index (χ0n) is 11.8. The van der Waals surface area contributed by atoms with Crippen molar-refractivity contribution in [3.05, 3.63) is 28.2 Å². The highest BCUT2D eigenvalue weighted by Crippen LogP contribution is 2.54. The van der Waals surface area contributed by atoms with Crippen LogP contribution in [-0.4, -0.2) is 16.8 Å². The number of halogens is 2. The summed E-state index contributed by atoms with van der Waals surface area (Å²) < 4.78 is 1.60. The van der Waals surface area contributed by atoms with Crippen molar-refractivity contribution < 1.29 is 0 Å². The minimum Gasteiger partial charge on any atom is -0.341 e. The van der Waals surface area contributed by atoms with E-state index < -0.39 is 0 Å². The molecule has 0 aromatic heterocycles. The topological polar surface area (TPSA) is 15.6 Å². The number of benzene rings is 1. The van der Waals surface area contributed by atoms with E-state index in [9.17, 15) is 0 Å². The molecule has 110 valence electrons. The highest BCUT2D eigenvalue weighted by Gasteiger charge is 2.48. The Hall–Kier alpha value is -0.100. The highest BCUT2D eigenvalue weighted by molar-refractivity contribution is 14.1. The molecule has 3 aliphatic heterocycles. The maximum Gasteiger partial charge on any atom is 0.110 e. The van der Waals surface area contributed by atoms with Crippen LogP contribution in [-0.2, 0) is 0 Å². The van der Waals surface area contributed by atoms with Gasteiger partial charge in [-0.15, -0.1) is 0 Å². The van der Waals surface area contributed by atoms with Crippen molar-refractivity contribution in [2.45, 2.75) is 42.2 Å². The van der Waals surface area contributed by atoms with E-state index in [0.29, 0.717) is 9.97 Å². The van der Waals surface area contributed by atoms with Crippen molar-refractivity contribution in [3.63, 3.8) is 0 Å². The molecule has 0 spiro atoms. The summed E-state index contributed by atoms with van der Waals surface area (Å²) in [6, 6.07) is 7.35. The number of fused-ring (bicyclic) bond motifs is 1. The van der Waals surface area contributed by atoms with E-state index in [1.807, 2.05) is 0 Å². The third-order valence-electron chi connectivity index (χ3n) is 5.86. The maximum absolute atomic E-state index is 5.14. The molecule has 6 rings (SSSR count). The van der Waals surface area contributed by atoms with E-state index in [-0.39, 0.29) is 0 Å². The summed E-state index contributed by atoms with van der Waals surface area (Å²) in [6.07, 6.45) is 7.05. The maximum atomic E-state index is 5.14. The van der Waals surface area contributed by atoms with Crippen LogP contribution in [0.25, 0.3) is 0 Å². The number of amidine groups is 1. The Morgan fingerprint density at radius 3 is 2.62 bits per heavy atom. The molecule has 0 radical (unpaired) electrons. The lowest BCUT2D eigenvalue weighted by molar-refractivity contribution is 0.128. The van der Waals surface area contributed by atoms with Gasteiger partial charge in [-0.25, -0.2) is 4.99 Å². The van der Waals surface area contributed by atoms with Gasteiger partial charge in [0.2, 0.25) is 0 Å². The van der Waals surface area contributed by atoms with Gasteiger partial charge >= 0.3 is 0 Å². The van der Waals surface area contributed by atoms with Crippen LogP contribution in [0.4, 0.5) is 5.69 Å². The Labute approximate surface area is 147 Å². The molecule has 4 heteroatoms. The third kappa shape index (κ3) is 1.97. The lowest BCUT2D eigenvalue weighted by Crippen LogP contribution is -2.43. The Kier molecular flexibility index (Phi) is 2.99. The quantitative estimate of drug-likeness (QED) is 0.288. The molecule has 5 aliphatic rings. The molecule has 1 aromatic rings. The number of rotatable bonds is 0. The average Bonchev–Trinajstić information content (AvgIpc) is 2.61. The summed E-state index contributed by atoms with van der Waals surface area (Å²) >= 11 is 6.24. The van der Waals surface area contributed by atoms with Gasteiger partial charge in [-0.3, -0.25) is 0 Å². The fourth-order valence-electron chi connectivity index (χ4n) is 5.19. The van der Waals surface area contributed by atoms with E-state index >= 15 is 0 Å². The molecule has 2 saturated carbocycles. The van der Waals surface area contributed by atoms with Gasteiger partial charge in [-0.1, -0.05) is 44.6 Å². The van der Waals surface area contributed by atoms with Crippen molar-refractivity contribution in [1.29, 1.82) is 0 Å². The highest BCUT2D eigenvalue weighted by atomic mass is 127. The second-order valence-corrected chi connectivity index (χ2v) is 9.27. The standard InChI is InChI=1S/C17H18BrIN2/c18-12-1-2-14-15(8-12)20-17-11-4-9-3-10(5-11)7-13(6-9)21(17)16(14)19/h1-2,8-11,13,16H,3-7H2. The van der Waals surface area contributed by atoms with Crippen LogP contribution in [0.15, 0.2) is 27.7 Å². The molecule has 1 aromatic carbocycles. The van der Waals surface area contributed by atoms with Crippen molar-refractivity contribution in [3.8, 4) is 0 Å². The molecule has 2 aliphatic carbocycles. The minimum absolute atomic E-state index is 0.460. The fraction of sp³-hybridized carbons (Fsp3) is 0.588.